The normalized spacial score (nSPS) is 20.1. The molecule has 4 heteroatoms. The van der Waals surface area contributed by atoms with Crippen LogP contribution in [-0.2, 0) is 22.3 Å². The van der Waals surface area contributed by atoms with E-state index < -0.39 is 11.0 Å². The SMILES string of the molecule is CC(C)S(=O)N(Cc1ccccc1)C[C@@H]1CCC=CO1. The smallest absolute Gasteiger partial charge is 0.112 e. The standard InChI is InChI=1S/C16H23NO2S/c1-14(2)20(18)17(12-15-8-4-3-5-9-15)13-16-10-6-7-11-19-16/h3-5,7-9,11,14,16H,6,10,12-13H2,1-2H3/t16-,20?/m0/s1. The third-order valence-corrected chi connectivity index (χ3v) is 4.88. The van der Waals surface area contributed by atoms with E-state index in [-0.39, 0.29) is 11.4 Å². The van der Waals surface area contributed by atoms with Gasteiger partial charge in [-0.15, -0.1) is 0 Å². The Morgan fingerprint density at radius 2 is 2.10 bits per heavy atom. The van der Waals surface area contributed by atoms with E-state index in [0.717, 1.165) is 12.8 Å². The Labute approximate surface area is 124 Å². The average molecular weight is 293 g/mol. The maximum Gasteiger partial charge on any atom is 0.112 e. The summed E-state index contributed by atoms with van der Waals surface area (Å²) in [6, 6.07) is 10.2. The largest absolute Gasteiger partial charge is 0.497 e. The van der Waals surface area contributed by atoms with Crippen LogP contribution in [0.4, 0.5) is 0 Å². The molecular weight excluding hydrogens is 270 g/mol. The minimum atomic E-state index is -0.982. The van der Waals surface area contributed by atoms with Crippen molar-refractivity contribution in [3.05, 3.63) is 48.2 Å². The maximum absolute atomic E-state index is 12.5. The Morgan fingerprint density at radius 1 is 1.35 bits per heavy atom. The number of allylic oxidation sites excluding steroid dienone is 1. The van der Waals surface area contributed by atoms with E-state index in [4.69, 9.17) is 4.74 Å². The number of ether oxygens (including phenoxy) is 1. The van der Waals surface area contributed by atoms with Crippen LogP contribution in [0.3, 0.4) is 0 Å². The molecule has 1 heterocycles. The summed E-state index contributed by atoms with van der Waals surface area (Å²) in [6.45, 7) is 5.41. The van der Waals surface area contributed by atoms with Crippen LogP contribution >= 0.6 is 0 Å². The lowest BCUT2D eigenvalue weighted by atomic mass is 10.1. The van der Waals surface area contributed by atoms with Gasteiger partial charge in [0.25, 0.3) is 0 Å². The molecule has 0 saturated carbocycles. The highest BCUT2D eigenvalue weighted by atomic mass is 32.2. The molecule has 0 bridgehead atoms. The molecule has 1 aromatic carbocycles. The molecule has 0 saturated heterocycles. The summed E-state index contributed by atoms with van der Waals surface area (Å²) < 4.78 is 20.1. The minimum absolute atomic E-state index is 0.123. The number of hydrogen-bond donors (Lipinski definition) is 0. The van der Waals surface area contributed by atoms with E-state index in [0.29, 0.717) is 13.1 Å². The Kier molecular flexibility index (Phi) is 5.80. The van der Waals surface area contributed by atoms with Crippen molar-refractivity contribution in [2.24, 2.45) is 0 Å². The van der Waals surface area contributed by atoms with E-state index in [1.807, 2.05) is 42.4 Å². The van der Waals surface area contributed by atoms with Gasteiger partial charge in [-0.05, 0) is 38.3 Å². The third kappa shape index (κ3) is 4.46. The van der Waals surface area contributed by atoms with Crippen molar-refractivity contribution >= 4 is 11.0 Å². The van der Waals surface area contributed by atoms with Crippen LogP contribution in [0.15, 0.2) is 42.7 Å². The second-order valence-corrected chi connectivity index (χ2v) is 7.35. The third-order valence-electron chi connectivity index (χ3n) is 3.29. The summed E-state index contributed by atoms with van der Waals surface area (Å²) in [5.41, 5.74) is 1.19. The van der Waals surface area contributed by atoms with Gasteiger partial charge in [0.05, 0.1) is 17.2 Å². The van der Waals surface area contributed by atoms with Crippen LogP contribution in [0.2, 0.25) is 0 Å². The van der Waals surface area contributed by atoms with E-state index >= 15 is 0 Å². The highest BCUT2D eigenvalue weighted by Crippen LogP contribution is 2.16. The van der Waals surface area contributed by atoms with Gasteiger partial charge in [0.1, 0.15) is 6.10 Å². The molecule has 0 N–H and O–H groups in total. The second kappa shape index (κ2) is 7.60. The highest BCUT2D eigenvalue weighted by molar-refractivity contribution is 7.83. The number of benzene rings is 1. The molecule has 110 valence electrons. The fourth-order valence-electron chi connectivity index (χ4n) is 2.23. The Hall–Kier alpha value is -1.13. The summed E-state index contributed by atoms with van der Waals surface area (Å²) in [6.07, 6.45) is 5.99. The predicted molar refractivity (Wildman–Crippen MR) is 83.4 cm³/mol. The molecule has 2 rings (SSSR count). The van der Waals surface area contributed by atoms with Crippen molar-refractivity contribution in [2.45, 2.75) is 44.6 Å². The quantitative estimate of drug-likeness (QED) is 0.806. The Balaban J connectivity index is 2.04. The molecule has 3 nitrogen and oxygen atoms in total. The van der Waals surface area contributed by atoms with Crippen LogP contribution in [0.25, 0.3) is 0 Å². The molecule has 0 amide bonds. The molecule has 1 aliphatic rings. The molecular formula is C16H23NO2S. The van der Waals surface area contributed by atoms with Gasteiger partial charge in [-0.1, -0.05) is 30.3 Å². The van der Waals surface area contributed by atoms with Crippen LogP contribution < -0.4 is 0 Å². The summed E-state index contributed by atoms with van der Waals surface area (Å²) >= 11 is 0. The van der Waals surface area contributed by atoms with Crippen molar-refractivity contribution in [3.63, 3.8) is 0 Å². The van der Waals surface area contributed by atoms with Gasteiger partial charge < -0.3 is 4.74 Å². The molecule has 1 aromatic rings. The lowest BCUT2D eigenvalue weighted by Gasteiger charge is -2.28. The van der Waals surface area contributed by atoms with Gasteiger partial charge >= 0.3 is 0 Å². The van der Waals surface area contributed by atoms with Gasteiger partial charge in [0.15, 0.2) is 0 Å². The fraction of sp³-hybridized carbons (Fsp3) is 0.500. The lowest BCUT2D eigenvalue weighted by molar-refractivity contribution is 0.103. The first-order valence-electron chi connectivity index (χ1n) is 7.17. The first-order valence-corrected chi connectivity index (χ1v) is 8.34. The molecule has 1 aliphatic heterocycles. The van der Waals surface area contributed by atoms with Gasteiger partial charge in [0.2, 0.25) is 0 Å². The number of nitrogens with zero attached hydrogens (tertiary/aromatic N) is 1. The van der Waals surface area contributed by atoms with Crippen molar-refractivity contribution in [1.29, 1.82) is 0 Å². The van der Waals surface area contributed by atoms with E-state index in [9.17, 15) is 4.21 Å². The maximum atomic E-state index is 12.5. The van der Waals surface area contributed by atoms with Crippen LogP contribution in [0.5, 0.6) is 0 Å². The zero-order chi connectivity index (χ0) is 14.4. The summed E-state index contributed by atoms with van der Waals surface area (Å²) in [5.74, 6) is 0. The van der Waals surface area contributed by atoms with Gasteiger partial charge in [-0.25, -0.2) is 8.51 Å². The van der Waals surface area contributed by atoms with Gasteiger partial charge in [-0.2, -0.15) is 0 Å². The van der Waals surface area contributed by atoms with Crippen LogP contribution in [0.1, 0.15) is 32.3 Å². The predicted octanol–water partition coefficient (Wildman–Crippen LogP) is 3.25. The van der Waals surface area contributed by atoms with Crippen molar-refractivity contribution < 1.29 is 8.95 Å². The van der Waals surface area contributed by atoms with Crippen molar-refractivity contribution in [1.82, 2.24) is 4.31 Å². The van der Waals surface area contributed by atoms with E-state index in [1.54, 1.807) is 6.26 Å². The first-order chi connectivity index (χ1) is 9.66. The summed E-state index contributed by atoms with van der Waals surface area (Å²) in [5, 5.41) is 0.123. The number of hydrogen-bond acceptors (Lipinski definition) is 2. The second-order valence-electron chi connectivity index (χ2n) is 5.34. The molecule has 0 aliphatic carbocycles. The molecule has 0 spiro atoms. The monoisotopic (exact) mass is 293 g/mol. The zero-order valence-corrected chi connectivity index (χ0v) is 13.0. The van der Waals surface area contributed by atoms with Crippen molar-refractivity contribution in [3.8, 4) is 0 Å². The van der Waals surface area contributed by atoms with E-state index in [2.05, 4.69) is 12.1 Å². The fourth-order valence-corrected chi connectivity index (χ4v) is 3.42. The minimum Gasteiger partial charge on any atom is -0.497 e. The lowest BCUT2D eigenvalue weighted by Crippen LogP contribution is -2.37. The number of rotatable bonds is 6. The Morgan fingerprint density at radius 3 is 2.70 bits per heavy atom. The highest BCUT2D eigenvalue weighted by Gasteiger charge is 2.22. The Bertz CT molecular complexity index is 459. The summed E-state index contributed by atoms with van der Waals surface area (Å²) in [7, 11) is -0.982. The average Bonchev–Trinajstić information content (AvgIpc) is 2.48. The molecule has 1 unspecified atom stereocenters. The summed E-state index contributed by atoms with van der Waals surface area (Å²) in [4.78, 5) is 0. The molecule has 0 fully saturated rings. The van der Waals surface area contributed by atoms with Gasteiger partial charge in [-0.3, -0.25) is 0 Å². The molecule has 0 radical (unpaired) electrons. The zero-order valence-electron chi connectivity index (χ0n) is 12.2. The molecule has 0 aromatic heterocycles. The van der Waals surface area contributed by atoms with Crippen LogP contribution in [-0.4, -0.2) is 26.4 Å². The van der Waals surface area contributed by atoms with Crippen molar-refractivity contribution in [2.75, 3.05) is 6.54 Å². The van der Waals surface area contributed by atoms with Gasteiger partial charge in [0, 0.05) is 18.3 Å². The molecule has 20 heavy (non-hydrogen) atoms. The molecule has 2 atom stereocenters. The van der Waals surface area contributed by atoms with E-state index in [1.165, 1.54) is 5.56 Å². The van der Waals surface area contributed by atoms with Crippen LogP contribution in [0, 0.1) is 0 Å². The topological polar surface area (TPSA) is 29.5 Å². The first kappa shape index (κ1) is 15.3.